The molecule has 1 aliphatic carbocycles. The van der Waals surface area contributed by atoms with Crippen LogP contribution in [0.4, 0.5) is 0 Å². The van der Waals surface area contributed by atoms with Gasteiger partial charge in [-0.25, -0.2) is 4.79 Å². The van der Waals surface area contributed by atoms with Gasteiger partial charge in [0.05, 0.1) is 12.2 Å². The van der Waals surface area contributed by atoms with E-state index in [1.807, 2.05) is 13.8 Å². The molecule has 0 spiro atoms. The summed E-state index contributed by atoms with van der Waals surface area (Å²) >= 11 is 0. The fraction of sp³-hybridized carbons (Fsp3) is 0.700. The van der Waals surface area contributed by atoms with Gasteiger partial charge in [0.2, 0.25) is 0 Å². The highest BCUT2D eigenvalue weighted by atomic mass is 16.5. The summed E-state index contributed by atoms with van der Waals surface area (Å²) in [5, 5.41) is 8.77. The summed E-state index contributed by atoms with van der Waals surface area (Å²) in [4.78, 5) is 10.7. The zero-order chi connectivity index (χ0) is 9.84. The van der Waals surface area contributed by atoms with Crippen molar-refractivity contribution < 1.29 is 14.6 Å². The predicted molar refractivity (Wildman–Crippen MR) is 49.6 cm³/mol. The van der Waals surface area contributed by atoms with Gasteiger partial charge in [-0.3, -0.25) is 0 Å². The van der Waals surface area contributed by atoms with Crippen LogP contribution in [0.15, 0.2) is 11.6 Å². The summed E-state index contributed by atoms with van der Waals surface area (Å²) in [5.41, 5.74) is 0.497. The first-order valence-corrected chi connectivity index (χ1v) is 4.69. The molecule has 0 aromatic carbocycles. The van der Waals surface area contributed by atoms with Crippen LogP contribution in [0.2, 0.25) is 0 Å². The second kappa shape index (κ2) is 4.42. The van der Waals surface area contributed by atoms with Crippen LogP contribution in [-0.2, 0) is 9.53 Å². The molecule has 0 bridgehead atoms. The highest BCUT2D eigenvalue weighted by Gasteiger charge is 2.18. The van der Waals surface area contributed by atoms with Crippen LogP contribution in [0.1, 0.15) is 33.1 Å². The quantitative estimate of drug-likeness (QED) is 0.729. The topological polar surface area (TPSA) is 46.5 Å². The third-order valence-electron chi connectivity index (χ3n) is 2.04. The second-order valence-electron chi connectivity index (χ2n) is 3.61. The molecule has 0 aliphatic heterocycles. The molecular weight excluding hydrogens is 168 g/mol. The lowest BCUT2D eigenvalue weighted by Gasteiger charge is -2.21. The first kappa shape index (κ1) is 10.3. The zero-order valence-corrected chi connectivity index (χ0v) is 8.12. The van der Waals surface area contributed by atoms with Crippen molar-refractivity contribution >= 4 is 5.97 Å². The average Bonchev–Trinajstić information content (AvgIpc) is 2.03. The smallest absolute Gasteiger partial charge is 0.331 e. The fourth-order valence-electron chi connectivity index (χ4n) is 1.52. The molecule has 3 heteroatoms. The Balaban J connectivity index is 2.57. The molecule has 0 heterocycles. The lowest BCUT2D eigenvalue weighted by molar-refractivity contribution is -0.133. The number of ether oxygens (including phenoxy) is 1. The van der Waals surface area contributed by atoms with Crippen molar-refractivity contribution in [1.82, 2.24) is 0 Å². The number of hydrogen-bond acceptors (Lipinski definition) is 2. The minimum atomic E-state index is -0.808. The molecule has 13 heavy (non-hydrogen) atoms. The predicted octanol–water partition coefficient (Wildman–Crippen LogP) is 1.97. The number of carbonyl (C=O) groups is 1. The molecule has 3 nitrogen and oxygen atoms in total. The van der Waals surface area contributed by atoms with Crippen molar-refractivity contribution in [2.45, 2.75) is 45.3 Å². The number of aliphatic carboxylic acids is 1. The van der Waals surface area contributed by atoms with E-state index in [0.717, 1.165) is 12.8 Å². The van der Waals surface area contributed by atoms with E-state index in [4.69, 9.17) is 9.84 Å². The Morgan fingerprint density at radius 2 is 2.38 bits per heavy atom. The summed E-state index contributed by atoms with van der Waals surface area (Å²) in [6, 6.07) is 0. The third-order valence-corrected chi connectivity index (χ3v) is 2.04. The van der Waals surface area contributed by atoms with Crippen molar-refractivity contribution in [3.05, 3.63) is 11.6 Å². The van der Waals surface area contributed by atoms with E-state index >= 15 is 0 Å². The maximum absolute atomic E-state index is 10.7. The molecule has 0 amide bonds. The van der Waals surface area contributed by atoms with Gasteiger partial charge < -0.3 is 9.84 Å². The van der Waals surface area contributed by atoms with Gasteiger partial charge in [-0.05, 0) is 39.2 Å². The fourth-order valence-corrected chi connectivity index (χ4v) is 1.52. The van der Waals surface area contributed by atoms with E-state index in [9.17, 15) is 4.79 Å². The van der Waals surface area contributed by atoms with Crippen LogP contribution in [0.3, 0.4) is 0 Å². The summed E-state index contributed by atoms with van der Waals surface area (Å²) < 4.78 is 5.53. The molecular formula is C10H16O3. The van der Waals surface area contributed by atoms with Crippen molar-refractivity contribution in [3.63, 3.8) is 0 Å². The Labute approximate surface area is 78.4 Å². The van der Waals surface area contributed by atoms with Crippen LogP contribution < -0.4 is 0 Å². The largest absolute Gasteiger partial charge is 0.478 e. The molecule has 1 aliphatic rings. The van der Waals surface area contributed by atoms with Gasteiger partial charge in [0, 0.05) is 5.57 Å². The molecule has 1 unspecified atom stereocenters. The standard InChI is InChI=1S/C10H16O3/c1-7(2)13-9-5-3-4-8(6-9)10(11)12/h6-7,9H,3-5H2,1-2H3,(H,11,12). The molecule has 0 saturated heterocycles. The first-order valence-electron chi connectivity index (χ1n) is 4.69. The van der Waals surface area contributed by atoms with E-state index in [1.54, 1.807) is 6.08 Å². The van der Waals surface area contributed by atoms with E-state index in [0.29, 0.717) is 12.0 Å². The molecule has 1 N–H and O–H groups in total. The van der Waals surface area contributed by atoms with Gasteiger partial charge in [0.25, 0.3) is 0 Å². The summed E-state index contributed by atoms with van der Waals surface area (Å²) in [7, 11) is 0. The molecule has 0 aromatic heterocycles. The van der Waals surface area contributed by atoms with Crippen LogP contribution in [0.5, 0.6) is 0 Å². The van der Waals surface area contributed by atoms with E-state index in [-0.39, 0.29) is 12.2 Å². The van der Waals surface area contributed by atoms with Gasteiger partial charge in [0.15, 0.2) is 0 Å². The van der Waals surface area contributed by atoms with E-state index in [2.05, 4.69) is 0 Å². The Bertz CT molecular complexity index is 218. The van der Waals surface area contributed by atoms with Gasteiger partial charge in [-0.1, -0.05) is 0 Å². The number of rotatable bonds is 3. The SMILES string of the molecule is CC(C)OC1C=C(C(=O)O)CCC1. The monoisotopic (exact) mass is 184 g/mol. The minimum Gasteiger partial charge on any atom is -0.478 e. The summed E-state index contributed by atoms with van der Waals surface area (Å²) in [6.45, 7) is 3.92. The Hall–Kier alpha value is -0.830. The zero-order valence-electron chi connectivity index (χ0n) is 8.12. The highest BCUT2D eigenvalue weighted by Crippen LogP contribution is 2.21. The number of hydrogen-bond donors (Lipinski definition) is 1. The van der Waals surface area contributed by atoms with Gasteiger partial charge in [0.1, 0.15) is 0 Å². The Morgan fingerprint density at radius 1 is 1.69 bits per heavy atom. The molecule has 1 atom stereocenters. The Kier molecular flexibility index (Phi) is 3.48. The van der Waals surface area contributed by atoms with Crippen molar-refractivity contribution in [2.75, 3.05) is 0 Å². The summed E-state index contributed by atoms with van der Waals surface area (Å²) in [5.74, 6) is -0.808. The lowest BCUT2D eigenvalue weighted by Crippen LogP contribution is -2.20. The second-order valence-corrected chi connectivity index (χ2v) is 3.61. The van der Waals surface area contributed by atoms with E-state index in [1.165, 1.54) is 0 Å². The molecule has 74 valence electrons. The van der Waals surface area contributed by atoms with Crippen molar-refractivity contribution in [3.8, 4) is 0 Å². The van der Waals surface area contributed by atoms with Gasteiger partial charge in [-0.2, -0.15) is 0 Å². The molecule has 0 aromatic rings. The molecule has 1 rings (SSSR count). The average molecular weight is 184 g/mol. The highest BCUT2D eigenvalue weighted by molar-refractivity contribution is 5.86. The van der Waals surface area contributed by atoms with Gasteiger partial charge >= 0.3 is 5.97 Å². The first-order chi connectivity index (χ1) is 6.09. The van der Waals surface area contributed by atoms with Crippen molar-refractivity contribution in [2.24, 2.45) is 0 Å². The minimum absolute atomic E-state index is 0.000139. The van der Waals surface area contributed by atoms with Gasteiger partial charge in [-0.15, -0.1) is 0 Å². The van der Waals surface area contributed by atoms with Crippen LogP contribution in [-0.4, -0.2) is 23.3 Å². The Morgan fingerprint density at radius 3 is 2.92 bits per heavy atom. The van der Waals surface area contributed by atoms with Crippen LogP contribution in [0.25, 0.3) is 0 Å². The third kappa shape index (κ3) is 3.19. The molecule has 0 fully saturated rings. The molecule has 0 radical (unpaired) electrons. The number of carboxylic acids is 1. The van der Waals surface area contributed by atoms with E-state index < -0.39 is 5.97 Å². The lowest BCUT2D eigenvalue weighted by atomic mass is 9.97. The van der Waals surface area contributed by atoms with Crippen LogP contribution in [0, 0.1) is 0 Å². The normalized spacial score (nSPS) is 23.0. The maximum atomic E-state index is 10.7. The maximum Gasteiger partial charge on any atom is 0.331 e. The number of carboxylic acid groups (broad SMARTS) is 1. The van der Waals surface area contributed by atoms with Crippen LogP contribution >= 0.6 is 0 Å². The summed E-state index contributed by atoms with van der Waals surface area (Å²) in [6.07, 6.45) is 4.43. The van der Waals surface area contributed by atoms with Crippen molar-refractivity contribution in [1.29, 1.82) is 0 Å². The molecule has 0 saturated carbocycles.